The van der Waals surface area contributed by atoms with Crippen molar-refractivity contribution >= 4 is 10.0 Å². The molecule has 1 aromatic heterocycles. The first-order valence-electron chi connectivity index (χ1n) is 6.55. The highest BCUT2D eigenvalue weighted by Crippen LogP contribution is 2.19. The Kier molecular flexibility index (Phi) is 5.20. The normalized spacial score (nSPS) is 11.3. The van der Waals surface area contributed by atoms with Gasteiger partial charge in [0.1, 0.15) is 5.82 Å². The van der Waals surface area contributed by atoms with E-state index in [0.717, 1.165) is 12.1 Å². The topological polar surface area (TPSA) is 74.1 Å². The molecule has 22 heavy (non-hydrogen) atoms. The van der Waals surface area contributed by atoms with E-state index in [4.69, 9.17) is 5.26 Å². The average Bonchev–Trinajstić information content (AvgIpc) is 2.52. The molecule has 0 radical (unpaired) electrons. The predicted molar refractivity (Wildman–Crippen MR) is 78.5 cm³/mol. The summed E-state index contributed by atoms with van der Waals surface area (Å²) in [7, 11) is -3.80. The van der Waals surface area contributed by atoms with Crippen molar-refractivity contribution in [1.82, 2.24) is 9.29 Å². The fourth-order valence-corrected chi connectivity index (χ4v) is 3.34. The summed E-state index contributed by atoms with van der Waals surface area (Å²) in [5.74, 6) is -0.505. The van der Waals surface area contributed by atoms with Crippen molar-refractivity contribution in [2.45, 2.75) is 17.9 Å². The number of hydrogen-bond acceptors (Lipinski definition) is 4. The first kappa shape index (κ1) is 16.1. The second-order valence-electron chi connectivity index (χ2n) is 4.56. The maximum Gasteiger partial charge on any atom is 0.243 e. The number of aromatic nitrogens is 1. The first-order chi connectivity index (χ1) is 10.5. The third kappa shape index (κ3) is 3.87. The zero-order valence-electron chi connectivity index (χ0n) is 11.7. The lowest BCUT2D eigenvalue weighted by atomic mass is 10.3. The van der Waals surface area contributed by atoms with E-state index in [-0.39, 0.29) is 24.4 Å². The summed E-state index contributed by atoms with van der Waals surface area (Å²) in [5.41, 5.74) is 0.714. The Balaban J connectivity index is 2.31. The van der Waals surface area contributed by atoms with Crippen molar-refractivity contribution < 1.29 is 12.8 Å². The van der Waals surface area contributed by atoms with Gasteiger partial charge in [-0.2, -0.15) is 9.57 Å². The summed E-state index contributed by atoms with van der Waals surface area (Å²) in [5, 5.41) is 8.72. The van der Waals surface area contributed by atoms with Gasteiger partial charge in [-0.1, -0.05) is 6.07 Å². The molecule has 1 heterocycles. The number of benzene rings is 1. The Morgan fingerprint density at radius 1 is 1.23 bits per heavy atom. The lowest BCUT2D eigenvalue weighted by Crippen LogP contribution is -2.31. The van der Waals surface area contributed by atoms with Crippen molar-refractivity contribution in [3.63, 3.8) is 0 Å². The molecule has 1 aromatic carbocycles. The molecule has 2 aromatic rings. The monoisotopic (exact) mass is 319 g/mol. The van der Waals surface area contributed by atoms with E-state index < -0.39 is 15.8 Å². The summed E-state index contributed by atoms with van der Waals surface area (Å²) >= 11 is 0. The van der Waals surface area contributed by atoms with Crippen LogP contribution < -0.4 is 0 Å². The van der Waals surface area contributed by atoms with Gasteiger partial charge >= 0.3 is 0 Å². The van der Waals surface area contributed by atoms with E-state index >= 15 is 0 Å². The van der Waals surface area contributed by atoms with Crippen molar-refractivity contribution in [3.8, 4) is 6.07 Å². The van der Waals surface area contributed by atoms with E-state index in [9.17, 15) is 12.8 Å². The highest BCUT2D eigenvalue weighted by atomic mass is 32.2. The van der Waals surface area contributed by atoms with Crippen molar-refractivity contribution in [1.29, 1.82) is 5.26 Å². The van der Waals surface area contributed by atoms with Crippen LogP contribution in [0.15, 0.2) is 53.7 Å². The Morgan fingerprint density at radius 3 is 2.55 bits per heavy atom. The van der Waals surface area contributed by atoms with Gasteiger partial charge in [0.15, 0.2) is 0 Å². The molecule has 0 aliphatic heterocycles. The van der Waals surface area contributed by atoms with Crippen LogP contribution in [0.25, 0.3) is 0 Å². The fourth-order valence-electron chi connectivity index (χ4n) is 1.91. The molecule has 0 unspecified atom stereocenters. The molecule has 0 saturated carbocycles. The number of pyridine rings is 1. The van der Waals surface area contributed by atoms with Gasteiger partial charge in [0, 0.05) is 31.9 Å². The largest absolute Gasteiger partial charge is 0.264 e. The van der Waals surface area contributed by atoms with Gasteiger partial charge in [0.05, 0.1) is 11.0 Å². The Labute approximate surface area is 128 Å². The standard InChI is InChI=1S/C15H14FN3O2S/c16-14-4-6-15(7-5-14)22(20,21)19(10-2-8-17)12-13-3-1-9-18-11-13/h1,3-7,9,11H,2,10,12H2. The SMILES string of the molecule is N#CCCN(Cc1cccnc1)S(=O)(=O)c1ccc(F)cc1. The maximum absolute atomic E-state index is 13.0. The van der Waals surface area contributed by atoms with Crippen LogP contribution in [-0.4, -0.2) is 24.3 Å². The van der Waals surface area contributed by atoms with Crippen LogP contribution in [-0.2, 0) is 16.6 Å². The third-order valence-corrected chi connectivity index (χ3v) is 4.87. The molecule has 0 spiro atoms. The average molecular weight is 319 g/mol. The van der Waals surface area contributed by atoms with Crippen molar-refractivity contribution in [3.05, 3.63) is 60.2 Å². The van der Waals surface area contributed by atoms with Gasteiger partial charge in [-0.15, -0.1) is 0 Å². The number of hydrogen-bond donors (Lipinski definition) is 0. The van der Waals surface area contributed by atoms with Gasteiger partial charge in [-0.05, 0) is 35.9 Å². The van der Waals surface area contributed by atoms with Crippen LogP contribution in [0.4, 0.5) is 4.39 Å². The molecular weight excluding hydrogens is 305 g/mol. The lowest BCUT2D eigenvalue weighted by Gasteiger charge is -2.21. The quantitative estimate of drug-likeness (QED) is 0.819. The fraction of sp³-hybridized carbons (Fsp3) is 0.200. The molecule has 2 rings (SSSR count). The van der Waals surface area contributed by atoms with E-state index in [0.29, 0.717) is 5.56 Å². The van der Waals surface area contributed by atoms with Crippen molar-refractivity contribution in [2.75, 3.05) is 6.54 Å². The summed E-state index contributed by atoms with van der Waals surface area (Å²) < 4.78 is 39.4. The van der Waals surface area contributed by atoms with Crippen LogP contribution in [0.3, 0.4) is 0 Å². The lowest BCUT2D eigenvalue weighted by molar-refractivity contribution is 0.412. The molecule has 0 aliphatic carbocycles. The minimum absolute atomic E-state index is 0.00395. The predicted octanol–water partition coefficient (Wildman–Crippen LogP) is 2.33. The van der Waals surface area contributed by atoms with Gasteiger partial charge in [-0.3, -0.25) is 4.98 Å². The number of sulfonamides is 1. The Morgan fingerprint density at radius 2 is 1.95 bits per heavy atom. The summed E-state index contributed by atoms with van der Waals surface area (Å²) in [6.45, 7) is 0.167. The Bertz CT molecular complexity index is 756. The van der Waals surface area contributed by atoms with Crippen LogP contribution in [0.2, 0.25) is 0 Å². The minimum Gasteiger partial charge on any atom is -0.264 e. The molecule has 0 bridgehead atoms. The van der Waals surface area contributed by atoms with E-state index in [1.54, 1.807) is 24.5 Å². The smallest absolute Gasteiger partial charge is 0.243 e. The molecule has 0 fully saturated rings. The number of nitrogens with zero attached hydrogens (tertiary/aromatic N) is 3. The second kappa shape index (κ2) is 7.11. The molecule has 0 amide bonds. The highest BCUT2D eigenvalue weighted by molar-refractivity contribution is 7.89. The van der Waals surface area contributed by atoms with Crippen molar-refractivity contribution in [2.24, 2.45) is 0 Å². The molecule has 0 N–H and O–H groups in total. The maximum atomic E-state index is 13.0. The summed E-state index contributed by atoms with van der Waals surface area (Å²) in [6.07, 6.45) is 3.23. The van der Waals surface area contributed by atoms with Gasteiger partial charge < -0.3 is 0 Å². The Hall–Kier alpha value is -2.30. The van der Waals surface area contributed by atoms with Gasteiger partial charge in [-0.25, -0.2) is 12.8 Å². The zero-order chi connectivity index (χ0) is 16.0. The van der Waals surface area contributed by atoms with Crippen LogP contribution in [0.5, 0.6) is 0 Å². The van der Waals surface area contributed by atoms with Crippen LogP contribution >= 0.6 is 0 Å². The third-order valence-electron chi connectivity index (χ3n) is 3.01. The van der Waals surface area contributed by atoms with E-state index in [1.807, 2.05) is 6.07 Å². The van der Waals surface area contributed by atoms with E-state index in [2.05, 4.69) is 4.98 Å². The number of rotatable bonds is 6. The minimum atomic E-state index is -3.80. The first-order valence-corrected chi connectivity index (χ1v) is 7.99. The van der Waals surface area contributed by atoms with Crippen LogP contribution in [0, 0.1) is 17.1 Å². The second-order valence-corrected chi connectivity index (χ2v) is 6.50. The van der Waals surface area contributed by atoms with Gasteiger partial charge in [0.25, 0.3) is 0 Å². The summed E-state index contributed by atoms with van der Waals surface area (Å²) in [4.78, 5) is 3.94. The molecule has 0 atom stereocenters. The van der Waals surface area contributed by atoms with Crippen LogP contribution in [0.1, 0.15) is 12.0 Å². The van der Waals surface area contributed by atoms with Gasteiger partial charge in [0.2, 0.25) is 10.0 Å². The highest BCUT2D eigenvalue weighted by Gasteiger charge is 2.24. The molecule has 114 valence electrons. The molecular formula is C15H14FN3O2S. The molecule has 7 heteroatoms. The zero-order valence-corrected chi connectivity index (χ0v) is 12.5. The number of halogens is 1. The molecule has 5 nitrogen and oxygen atoms in total. The summed E-state index contributed by atoms with van der Waals surface area (Å²) in [6, 6.07) is 10.0. The number of nitriles is 1. The molecule has 0 saturated heterocycles. The molecule has 0 aliphatic rings. The van der Waals surface area contributed by atoms with E-state index in [1.165, 1.54) is 16.4 Å².